The van der Waals surface area contributed by atoms with Gasteiger partial charge in [0, 0.05) is 4.86 Å². The zero-order valence-corrected chi connectivity index (χ0v) is 7.14. The molecule has 1 saturated heterocycles. The van der Waals surface area contributed by atoms with E-state index in [-0.39, 0.29) is 5.91 Å². The molecule has 1 fully saturated rings. The van der Waals surface area contributed by atoms with E-state index < -0.39 is 0 Å². The highest BCUT2D eigenvalue weighted by Gasteiger charge is 2.20. The van der Waals surface area contributed by atoms with Crippen LogP contribution < -0.4 is 5.32 Å². The first-order valence-electron chi connectivity index (χ1n) is 2.80. The molecule has 0 spiro atoms. The van der Waals surface area contributed by atoms with Gasteiger partial charge in [0.05, 0.1) is 12.1 Å². The zero-order valence-electron chi connectivity index (χ0n) is 5.51. The molecule has 1 N–H and O–H groups in total. The number of amides is 1. The van der Waals surface area contributed by atoms with Crippen molar-refractivity contribution < 1.29 is 4.79 Å². The van der Waals surface area contributed by atoms with E-state index in [0.717, 1.165) is 4.86 Å². The first-order chi connectivity index (χ1) is 4.75. The summed E-state index contributed by atoms with van der Waals surface area (Å²) in [6.45, 7) is 0.528. The lowest BCUT2D eigenvalue weighted by molar-refractivity contribution is -0.116. The molecule has 0 unspecified atom stereocenters. The number of carbonyl (C=O) groups excluding carboxylic acids is 1. The average molecular weight is 173 g/mol. The van der Waals surface area contributed by atoms with E-state index >= 15 is 0 Å². The fraction of sp³-hybridized carbons (Fsp3) is 0.333. The Balaban J connectivity index is 2.82. The maximum Gasteiger partial charge on any atom is 0.253 e. The van der Waals surface area contributed by atoms with Crippen molar-refractivity contribution in [3.8, 4) is 0 Å². The minimum atomic E-state index is -0.0423. The van der Waals surface area contributed by atoms with Crippen LogP contribution in [0.4, 0.5) is 0 Å². The summed E-state index contributed by atoms with van der Waals surface area (Å²) in [6, 6.07) is 0. The van der Waals surface area contributed by atoms with Crippen LogP contribution in [0.5, 0.6) is 0 Å². The minimum Gasteiger partial charge on any atom is -0.347 e. The van der Waals surface area contributed by atoms with Crippen LogP contribution in [0.1, 0.15) is 0 Å². The summed E-state index contributed by atoms with van der Waals surface area (Å²) in [5.74, 6) is -0.0423. The number of carbonyl (C=O) groups is 1. The van der Waals surface area contributed by atoms with Crippen LogP contribution >= 0.6 is 24.0 Å². The molecule has 0 radical (unpaired) electrons. The zero-order chi connectivity index (χ0) is 7.56. The molecule has 10 heavy (non-hydrogen) atoms. The summed E-state index contributed by atoms with van der Waals surface area (Å²) < 4.78 is 0. The van der Waals surface area contributed by atoms with Gasteiger partial charge in [-0.3, -0.25) is 4.79 Å². The van der Waals surface area contributed by atoms with Crippen LogP contribution in [-0.4, -0.2) is 23.6 Å². The second-order valence-corrected chi connectivity index (χ2v) is 3.07. The summed E-state index contributed by atoms with van der Waals surface area (Å²) in [4.78, 5) is 11.6. The molecule has 0 aromatic rings. The summed E-state index contributed by atoms with van der Waals surface area (Å²) in [5, 5.41) is 4.42. The van der Waals surface area contributed by atoms with Gasteiger partial charge in [-0.25, -0.2) is 0 Å². The molecular formula is C6H7NOS2. The van der Waals surface area contributed by atoms with Crippen molar-refractivity contribution in [2.75, 3.05) is 12.8 Å². The lowest BCUT2D eigenvalue weighted by Crippen LogP contribution is -2.14. The Kier molecular flexibility index (Phi) is 2.45. The summed E-state index contributed by atoms with van der Waals surface area (Å²) in [7, 11) is 0. The van der Waals surface area contributed by atoms with Gasteiger partial charge in [-0.15, -0.1) is 11.8 Å². The van der Waals surface area contributed by atoms with Crippen LogP contribution in [0.25, 0.3) is 0 Å². The molecule has 1 aliphatic rings. The normalized spacial score (nSPS) is 21.9. The second kappa shape index (κ2) is 3.16. The number of thiocarbonyl (C=S) groups is 1. The highest BCUT2D eigenvalue weighted by Crippen LogP contribution is 2.10. The van der Waals surface area contributed by atoms with Crippen molar-refractivity contribution in [1.82, 2.24) is 5.32 Å². The molecule has 54 valence electrons. The Morgan fingerprint density at radius 3 is 2.90 bits per heavy atom. The standard InChI is InChI=1S/C6H7NOS2/c1-10-3-4-5(9)2-7-6(4)8/h3H,2H2,1H3,(H,7,8). The predicted molar refractivity (Wildman–Crippen MR) is 47.2 cm³/mol. The van der Waals surface area contributed by atoms with Crippen molar-refractivity contribution in [3.63, 3.8) is 0 Å². The third-order valence-corrected chi connectivity index (χ3v) is 2.03. The fourth-order valence-corrected chi connectivity index (χ4v) is 1.50. The van der Waals surface area contributed by atoms with Gasteiger partial charge in [-0.05, 0) is 11.7 Å². The van der Waals surface area contributed by atoms with Gasteiger partial charge in [0.1, 0.15) is 0 Å². The van der Waals surface area contributed by atoms with E-state index in [9.17, 15) is 4.79 Å². The quantitative estimate of drug-likeness (QED) is 0.468. The van der Waals surface area contributed by atoms with Crippen LogP contribution in [-0.2, 0) is 4.79 Å². The SMILES string of the molecule is CSC=C1C(=O)NCC1=S. The molecule has 0 aliphatic carbocycles. The Morgan fingerprint density at radius 2 is 2.50 bits per heavy atom. The number of thioether (sulfide) groups is 1. The van der Waals surface area contributed by atoms with E-state index in [2.05, 4.69) is 5.32 Å². The number of rotatable bonds is 1. The lowest BCUT2D eigenvalue weighted by atomic mass is 10.3. The van der Waals surface area contributed by atoms with E-state index in [1.165, 1.54) is 11.8 Å². The summed E-state index contributed by atoms with van der Waals surface area (Å²) in [6.07, 6.45) is 1.90. The first kappa shape index (κ1) is 7.75. The molecule has 0 bridgehead atoms. The van der Waals surface area contributed by atoms with Gasteiger partial charge >= 0.3 is 0 Å². The predicted octanol–water partition coefficient (Wildman–Crippen LogP) is 0.733. The minimum absolute atomic E-state index is 0.0423. The van der Waals surface area contributed by atoms with Crippen molar-refractivity contribution in [2.45, 2.75) is 0 Å². The number of hydrogen-bond acceptors (Lipinski definition) is 3. The molecule has 0 aromatic heterocycles. The average Bonchev–Trinajstić information content (AvgIpc) is 2.20. The number of hydrogen-bond donors (Lipinski definition) is 1. The van der Waals surface area contributed by atoms with Gasteiger partial charge < -0.3 is 5.32 Å². The molecule has 0 aromatic carbocycles. The smallest absolute Gasteiger partial charge is 0.253 e. The van der Waals surface area contributed by atoms with E-state index in [4.69, 9.17) is 12.2 Å². The summed E-state index contributed by atoms with van der Waals surface area (Å²) in [5.41, 5.74) is 0.655. The third kappa shape index (κ3) is 1.38. The molecule has 4 heteroatoms. The topological polar surface area (TPSA) is 29.1 Å². The first-order valence-corrected chi connectivity index (χ1v) is 4.49. The number of nitrogens with one attached hydrogen (secondary N) is 1. The molecule has 2 nitrogen and oxygen atoms in total. The molecule has 1 rings (SSSR count). The third-order valence-electron chi connectivity index (χ3n) is 1.19. The van der Waals surface area contributed by atoms with Crippen molar-refractivity contribution in [3.05, 3.63) is 11.0 Å². The van der Waals surface area contributed by atoms with E-state index in [1.54, 1.807) is 5.41 Å². The fourth-order valence-electron chi connectivity index (χ4n) is 0.715. The van der Waals surface area contributed by atoms with Gasteiger partial charge in [0.25, 0.3) is 5.91 Å². The van der Waals surface area contributed by atoms with Crippen LogP contribution in [0.15, 0.2) is 11.0 Å². The van der Waals surface area contributed by atoms with E-state index in [1.807, 2.05) is 6.26 Å². The molecule has 0 atom stereocenters. The van der Waals surface area contributed by atoms with Crippen molar-refractivity contribution >= 4 is 34.8 Å². The van der Waals surface area contributed by atoms with Crippen molar-refractivity contribution in [2.24, 2.45) is 0 Å². The highest BCUT2D eigenvalue weighted by atomic mass is 32.2. The Hall–Kier alpha value is -0.350. The maximum absolute atomic E-state index is 10.9. The molecule has 1 amide bonds. The maximum atomic E-state index is 10.9. The van der Waals surface area contributed by atoms with Gasteiger partial charge in [0.15, 0.2) is 0 Å². The second-order valence-electron chi connectivity index (χ2n) is 1.87. The lowest BCUT2D eigenvalue weighted by Gasteiger charge is -1.88. The van der Waals surface area contributed by atoms with Gasteiger partial charge in [-0.2, -0.15) is 0 Å². The largest absolute Gasteiger partial charge is 0.347 e. The summed E-state index contributed by atoms with van der Waals surface area (Å²) >= 11 is 6.41. The Labute approximate surface area is 69.1 Å². The van der Waals surface area contributed by atoms with Crippen LogP contribution in [0.2, 0.25) is 0 Å². The molecular weight excluding hydrogens is 166 g/mol. The van der Waals surface area contributed by atoms with Gasteiger partial charge in [-0.1, -0.05) is 12.2 Å². The molecule has 1 aliphatic heterocycles. The van der Waals surface area contributed by atoms with Gasteiger partial charge in [0.2, 0.25) is 0 Å². The monoisotopic (exact) mass is 173 g/mol. The van der Waals surface area contributed by atoms with Crippen LogP contribution in [0.3, 0.4) is 0 Å². The highest BCUT2D eigenvalue weighted by molar-refractivity contribution is 8.01. The molecule has 0 saturated carbocycles. The molecule has 1 heterocycles. The Morgan fingerprint density at radius 1 is 1.80 bits per heavy atom. The Bertz CT molecular complexity index is 192. The van der Waals surface area contributed by atoms with E-state index in [0.29, 0.717) is 12.1 Å². The van der Waals surface area contributed by atoms with Crippen molar-refractivity contribution in [1.29, 1.82) is 0 Å². The van der Waals surface area contributed by atoms with Crippen LogP contribution in [0, 0.1) is 0 Å².